The molecule has 1 aromatic carbocycles. The molecule has 0 spiro atoms. The fraction of sp³-hybridized carbons (Fsp3) is 0.529. The van der Waals surface area contributed by atoms with Gasteiger partial charge in [0.2, 0.25) is 5.91 Å². The Labute approximate surface area is 153 Å². The van der Waals surface area contributed by atoms with Crippen molar-refractivity contribution in [3.8, 4) is 0 Å². The monoisotopic (exact) mass is 368 g/mol. The standard InChI is InChI=1S/C17H25ClN4OS/c1-12-10-15(12)21-17(20-11-16(23)22(2)3)19-8-9-24-14-6-4-13(18)5-7-14/h4-7,12,15H,8-11H2,1-3H3,(H2,19,20,21). The van der Waals surface area contributed by atoms with Crippen molar-refractivity contribution in [3.63, 3.8) is 0 Å². The number of benzene rings is 1. The van der Waals surface area contributed by atoms with Crippen LogP contribution in [0.2, 0.25) is 5.02 Å². The van der Waals surface area contributed by atoms with E-state index in [9.17, 15) is 4.79 Å². The van der Waals surface area contributed by atoms with Gasteiger partial charge < -0.3 is 15.5 Å². The summed E-state index contributed by atoms with van der Waals surface area (Å²) in [6, 6.07) is 8.29. The lowest BCUT2D eigenvalue weighted by Crippen LogP contribution is -2.41. The average molecular weight is 369 g/mol. The van der Waals surface area contributed by atoms with Crippen LogP contribution in [-0.4, -0.2) is 55.7 Å². The topological polar surface area (TPSA) is 56.7 Å². The summed E-state index contributed by atoms with van der Waals surface area (Å²) >= 11 is 7.64. The predicted octanol–water partition coefficient (Wildman–Crippen LogP) is 2.46. The Morgan fingerprint density at radius 1 is 1.38 bits per heavy atom. The van der Waals surface area contributed by atoms with Crippen LogP contribution >= 0.6 is 23.4 Å². The zero-order valence-corrected chi connectivity index (χ0v) is 16.0. The van der Waals surface area contributed by atoms with E-state index in [2.05, 4.69) is 22.5 Å². The molecule has 132 valence electrons. The van der Waals surface area contributed by atoms with E-state index in [0.29, 0.717) is 12.0 Å². The van der Waals surface area contributed by atoms with Gasteiger partial charge >= 0.3 is 0 Å². The molecule has 2 rings (SSSR count). The molecular weight excluding hydrogens is 344 g/mol. The smallest absolute Gasteiger partial charge is 0.243 e. The summed E-state index contributed by atoms with van der Waals surface area (Å²) in [5.41, 5.74) is 0. The maximum absolute atomic E-state index is 11.7. The van der Waals surface area contributed by atoms with E-state index in [-0.39, 0.29) is 12.5 Å². The van der Waals surface area contributed by atoms with Crippen molar-refractivity contribution in [1.29, 1.82) is 0 Å². The Kier molecular flexibility index (Phi) is 7.24. The molecule has 0 heterocycles. The van der Waals surface area contributed by atoms with Crippen LogP contribution in [0.5, 0.6) is 0 Å². The highest BCUT2D eigenvalue weighted by molar-refractivity contribution is 7.99. The Morgan fingerprint density at radius 3 is 2.62 bits per heavy atom. The second-order valence-corrected chi connectivity index (χ2v) is 7.75. The van der Waals surface area contributed by atoms with Crippen molar-refractivity contribution in [2.45, 2.75) is 24.3 Å². The number of carbonyl (C=O) groups is 1. The van der Waals surface area contributed by atoms with E-state index >= 15 is 0 Å². The van der Waals surface area contributed by atoms with Gasteiger partial charge in [0, 0.05) is 42.4 Å². The van der Waals surface area contributed by atoms with Gasteiger partial charge in [0.05, 0.1) is 0 Å². The minimum Gasteiger partial charge on any atom is -0.356 e. The summed E-state index contributed by atoms with van der Waals surface area (Å²) in [4.78, 5) is 18.8. The summed E-state index contributed by atoms with van der Waals surface area (Å²) in [7, 11) is 3.48. The normalized spacial score (nSPS) is 19.8. The third-order valence-electron chi connectivity index (χ3n) is 3.78. The summed E-state index contributed by atoms with van der Waals surface area (Å²) in [5.74, 6) is 2.29. The van der Waals surface area contributed by atoms with Crippen LogP contribution in [0.15, 0.2) is 34.2 Å². The van der Waals surface area contributed by atoms with Gasteiger partial charge in [-0.2, -0.15) is 0 Å². The number of rotatable bonds is 7. The Balaban J connectivity index is 1.77. The quantitative estimate of drug-likeness (QED) is 0.336. The molecule has 1 aliphatic rings. The van der Waals surface area contributed by atoms with E-state index in [1.54, 1.807) is 30.8 Å². The van der Waals surface area contributed by atoms with E-state index in [1.165, 1.54) is 4.90 Å². The largest absolute Gasteiger partial charge is 0.356 e. The SMILES string of the molecule is CC1CC1NC(=NCC(=O)N(C)C)NCCSc1ccc(Cl)cc1. The van der Waals surface area contributed by atoms with Crippen LogP contribution in [0.4, 0.5) is 0 Å². The first-order chi connectivity index (χ1) is 11.5. The number of thioether (sulfide) groups is 1. The van der Waals surface area contributed by atoms with Crippen molar-refractivity contribution in [1.82, 2.24) is 15.5 Å². The Hall–Kier alpha value is -1.40. The summed E-state index contributed by atoms with van der Waals surface area (Å²) in [6.07, 6.45) is 1.15. The van der Waals surface area contributed by atoms with Crippen molar-refractivity contribution in [2.75, 3.05) is 32.9 Å². The minimum absolute atomic E-state index is 0.00418. The first-order valence-electron chi connectivity index (χ1n) is 8.09. The maximum atomic E-state index is 11.7. The van der Waals surface area contributed by atoms with Crippen molar-refractivity contribution in [2.24, 2.45) is 10.9 Å². The average Bonchev–Trinajstić information content (AvgIpc) is 3.25. The summed E-state index contributed by atoms with van der Waals surface area (Å²) in [5, 5.41) is 7.44. The van der Waals surface area contributed by atoms with Crippen LogP contribution < -0.4 is 10.6 Å². The van der Waals surface area contributed by atoms with Gasteiger partial charge in [-0.1, -0.05) is 18.5 Å². The molecule has 0 radical (unpaired) electrons. The van der Waals surface area contributed by atoms with Crippen LogP contribution in [0.25, 0.3) is 0 Å². The number of nitrogens with zero attached hydrogens (tertiary/aromatic N) is 2. The van der Waals surface area contributed by atoms with Crippen molar-refractivity contribution in [3.05, 3.63) is 29.3 Å². The molecule has 2 N–H and O–H groups in total. The molecule has 2 unspecified atom stereocenters. The number of carbonyl (C=O) groups excluding carboxylic acids is 1. The van der Waals surface area contributed by atoms with Gasteiger partial charge in [0.15, 0.2) is 5.96 Å². The lowest BCUT2D eigenvalue weighted by Gasteiger charge is -2.13. The maximum Gasteiger partial charge on any atom is 0.243 e. The van der Waals surface area contributed by atoms with Crippen molar-refractivity contribution < 1.29 is 4.79 Å². The third kappa shape index (κ3) is 6.61. The van der Waals surface area contributed by atoms with Crippen LogP contribution in [-0.2, 0) is 4.79 Å². The lowest BCUT2D eigenvalue weighted by atomic mass is 10.4. The predicted molar refractivity (Wildman–Crippen MR) is 102 cm³/mol. The number of hydrogen-bond acceptors (Lipinski definition) is 3. The van der Waals surface area contributed by atoms with Gasteiger partial charge in [-0.25, -0.2) is 4.99 Å². The molecular formula is C17H25ClN4OS. The molecule has 24 heavy (non-hydrogen) atoms. The number of amides is 1. The van der Waals surface area contributed by atoms with Crippen LogP contribution in [0.3, 0.4) is 0 Å². The highest BCUT2D eigenvalue weighted by Gasteiger charge is 2.33. The molecule has 5 nitrogen and oxygen atoms in total. The Bertz CT molecular complexity index is 576. The molecule has 0 aliphatic heterocycles. The molecule has 7 heteroatoms. The zero-order chi connectivity index (χ0) is 17.5. The van der Waals surface area contributed by atoms with E-state index in [0.717, 1.165) is 29.7 Å². The van der Waals surface area contributed by atoms with Gasteiger partial charge in [0.25, 0.3) is 0 Å². The molecule has 2 atom stereocenters. The minimum atomic E-state index is -0.00418. The molecule has 0 saturated heterocycles. The van der Waals surface area contributed by atoms with Gasteiger partial charge in [0.1, 0.15) is 6.54 Å². The van der Waals surface area contributed by atoms with Gasteiger partial charge in [-0.15, -0.1) is 11.8 Å². The van der Waals surface area contributed by atoms with Gasteiger partial charge in [-0.3, -0.25) is 4.79 Å². The number of nitrogens with one attached hydrogen (secondary N) is 2. The first kappa shape index (κ1) is 18.9. The molecule has 0 aromatic heterocycles. The molecule has 1 aromatic rings. The number of halogens is 1. The van der Waals surface area contributed by atoms with E-state index in [4.69, 9.17) is 11.6 Å². The Morgan fingerprint density at radius 2 is 2.04 bits per heavy atom. The fourth-order valence-corrected chi connectivity index (χ4v) is 2.90. The third-order valence-corrected chi connectivity index (χ3v) is 5.05. The highest BCUT2D eigenvalue weighted by Crippen LogP contribution is 2.28. The second-order valence-electron chi connectivity index (χ2n) is 6.15. The number of aliphatic imine (C=N–C) groups is 1. The molecule has 1 amide bonds. The second kappa shape index (κ2) is 9.18. The van der Waals surface area contributed by atoms with Crippen LogP contribution in [0.1, 0.15) is 13.3 Å². The highest BCUT2D eigenvalue weighted by atomic mass is 35.5. The number of guanidine groups is 1. The number of hydrogen-bond donors (Lipinski definition) is 2. The molecule has 1 aliphatic carbocycles. The van der Waals surface area contributed by atoms with E-state index in [1.807, 2.05) is 24.3 Å². The van der Waals surface area contributed by atoms with E-state index < -0.39 is 0 Å². The zero-order valence-electron chi connectivity index (χ0n) is 14.4. The summed E-state index contributed by atoms with van der Waals surface area (Å²) in [6.45, 7) is 3.14. The van der Waals surface area contributed by atoms with Crippen molar-refractivity contribution >= 4 is 35.2 Å². The lowest BCUT2D eigenvalue weighted by molar-refractivity contribution is -0.127. The fourth-order valence-electron chi connectivity index (χ4n) is 2.01. The molecule has 1 saturated carbocycles. The first-order valence-corrected chi connectivity index (χ1v) is 9.45. The summed E-state index contributed by atoms with van der Waals surface area (Å²) < 4.78 is 0. The van der Waals surface area contributed by atoms with Gasteiger partial charge in [-0.05, 0) is 36.6 Å². The molecule has 0 bridgehead atoms. The number of likely N-dealkylation sites (N-methyl/N-ethyl adjacent to an activating group) is 1. The van der Waals surface area contributed by atoms with Crippen LogP contribution in [0, 0.1) is 5.92 Å². The molecule has 1 fully saturated rings.